The van der Waals surface area contributed by atoms with Gasteiger partial charge in [-0.2, -0.15) is 0 Å². The smallest absolute Gasteiger partial charge is 0.335 e. The largest absolute Gasteiger partial charge is 0.493 e. The second-order valence-electron chi connectivity index (χ2n) is 8.31. The molecule has 6 nitrogen and oxygen atoms in total. The van der Waals surface area contributed by atoms with Gasteiger partial charge >= 0.3 is 5.97 Å². The van der Waals surface area contributed by atoms with E-state index in [4.69, 9.17) is 13.9 Å². The van der Waals surface area contributed by atoms with E-state index in [0.717, 1.165) is 12.8 Å². The summed E-state index contributed by atoms with van der Waals surface area (Å²) < 4.78 is 17.8. The molecule has 0 radical (unpaired) electrons. The van der Waals surface area contributed by atoms with Crippen molar-refractivity contribution in [2.24, 2.45) is 11.8 Å². The molecule has 0 aliphatic rings. The number of hydrogen-bond acceptors (Lipinski definition) is 5. The molecule has 0 aliphatic heterocycles. The lowest BCUT2D eigenvalue weighted by Gasteiger charge is -2.14. The molecule has 0 amide bonds. The van der Waals surface area contributed by atoms with Gasteiger partial charge in [-0.3, -0.25) is 4.79 Å². The Balaban J connectivity index is 2.12. The molecule has 0 spiro atoms. The van der Waals surface area contributed by atoms with Crippen LogP contribution in [-0.4, -0.2) is 24.3 Å². The summed E-state index contributed by atoms with van der Waals surface area (Å²) in [5.41, 5.74) is 0.388. The number of benzene rings is 2. The van der Waals surface area contributed by atoms with Gasteiger partial charge in [0.1, 0.15) is 11.3 Å². The van der Waals surface area contributed by atoms with E-state index in [1.54, 1.807) is 12.1 Å². The molecule has 0 atom stereocenters. The number of aromatic carboxylic acids is 1. The molecule has 6 heteroatoms. The third-order valence-corrected chi connectivity index (χ3v) is 4.87. The number of carboxylic acid groups (broad SMARTS) is 1. The van der Waals surface area contributed by atoms with Crippen LogP contribution in [0.5, 0.6) is 11.5 Å². The standard InChI is InChI=1S/C24H28O6/c1-14(2)7-9-28-17-12-19-22(25)18-11-16(24(26)27)5-6-20(18)30-23(19)21(13-17)29-10-8-15(3)4/h5-6,11-15H,7-10H2,1-4H3,(H,26,27). The van der Waals surface area contributed by atoms with Crippen LogP contribution in [0.3, 0.4) is 0 Å². The van der Waals surface area contributed by atoms with Crippen molar-refractivity contribution in [3.63, 3.8) is 0 Å². The highest BCUT2D eigenvalue weighted by molar-refractivity contribution is 5.97. The van der Waals surface area contributed by atoms with Crippen LogP contribution in [0.15, 0.2) is 39.5 Å². The van der Waals surface area contributed by atoms with Crippen LogP contribution in [0.4, 0.5) is 0 Å². The van der Waals surface area contributed by atoms with Gasteiger partial charge in [0.2, 0.25) is 5.43 Å². The minimum absolute atomic E-state index is 0.0342. The summed E-state index contributed by atoms with van der Waals surface area (Å²) in [6, 6.07) is 7.66. The zero-order valence-corrected chi connectivity index (χ0v) is 17.9. The highest BCUT2D eigenvalue weighted by Crippen LogP contribution is 2.32. The van der Waals surface area contributed by atoms with E-state index in [1.165, 1.54) is 18.2 Å². The summed E-state index contributed by atoms with van der Waals surface area (Å²) >= 11 is 0. The maximum Gasteiger partial charge on any atom is 0.335 e. The average molecular weight is 412 g/mol. The molecule has 0 aliphatic carbocycles. The zero-order chi connectivity index (χ0) is 21.8. The zero-order valence-electron chi connectivity index (χ0n) is 17.9. The van der Waals surface area contributed by atoms with Crippen LogP contribution in [0.25, 0.3) is 21.9 Å². The first-order chi connectivity index (χ1) is 14.3. The van der Waals surface area contributed by atoms with Crippen molar-refractivity contribution in [3.8, 4) is 11.5 Å². The van der Waals surface area contributed by atoms with Gasteiger partial charge in [0.25, 0.3) is 0 Å². The van der Waals surface area contributed by atoms with E-state index < -0.39 is 5.97 Å². The Bertz CT molecular complexity index is 1110. The number of ether oxygens (including phenoxy) is 2. The highest BCUT2D eigenvalue weighted by Gasteiger charge is 2.16. The van der Waals surface area contributed by atoms with Crippen LogP contribution in [0.1, 0.15) is 50.9 Å². The minimum Gasteiger partial charge on any atom is -0.493 e. The molecule has 30 heavy (non-hydrogen) atoms. The van der Waals surface area contributed by atoms with Crippen molar-refractivity contribution >= 4 is 27.9 Å². The van der Waals surface area contributed by atoms with Crippen LogP contribution in [-0.2, 0) is 0 Å². The first-order valence-electron chi connectivity index (χ1n) is 10.3. The fourth-order valence-corrected chi connectivity index (χ4v) is 3.04. The second kappa shape index (κ2) is 9.20. The van der Waals surface area contributed by atoms with Crippen molar-refractivity contribution in [1.82, 2.24) is 0 Å². The number of rotatable bonds is 9. The summed E-state index contributed by atoms with van der Waals surface area (Å²) in [5, 5.41) is 9.78. The van der Waals surface area contributed by atoms with Gasteiger partial charge in [0.05, 0.1) is 29.5 Å². The quantitative estimate of drug-likeness (QED) is 0.468. The maximum absolute atomic E-state index is 13.2. The van der Waals surface area contributed by atoms with Crippen molar-refractivity contribution in [3.05, 3.63) is 46.1 Å². The van der Waals surface area contributed by atoms with Gasteiger partial charge in [-0.15, -0.1) is 0 Å². The molecule has 1 aromatic heterocycles. The van der Waals surface area contributed by atoms with Crippen LogP contribution < -0.4 is 14.9 Å². The molecule has 1 heterocycles. The van der Waals surface area contributed by atoms with E-state index >= 15 is 0 Å². The molecule has 0 saturated heterocycles. The Labute approximate surface area is 175 Å². The van der Waals surface area contributed by atoms with Gasteiger partial charge in [-0.25, -0.2) is 4.79 Å². The fraction of sp³-hybridized carbons (Fsp3) is 0.417. The molecule has 0 fully saturated rings. The molecule has 0 bridgehead atoms. The minimum atomic E-state index is -1.10. The molecule has 0 unspecified atom stereocenters. The van der Waals surface area contributed by atoms with Crippen molar-refractivity contribution < 1.29 is 23.8 Å². The number of hydrogen-bond donors (Lipinski definition) is 1. The maximum atomic E-state index is 13.2. The van der Waals surface area contributed by atoms with Crippen LogP contribution in [0, 0.1) is 11.8 Å². The van der Waals surface area contributed by atoms with Crippen molar-refractivity contribution in [1.29, 1.82) is 0 Å². The summed E-state index contributed by atoms with van der Waals surface area (Å²) in [5.74, 6) is 0.859. The number of carboxylic acids is 1. The topological polar surface area (TPSA) is 86.0 Å². The van der Waals surface area contributed by atoms with Gasteiger partial charge in [0, 0.05) is 6.07 Å². The lowest BCUT2D eigenvalue weighted by Crippen LogP contribution is -2.08. The van der Waals surface area contributed by atoms with Crippen molar-refractivity contribution in [2.45, 2.75) is 40.5 Å². The van der Waals surface area contributed by atoms with E-state index in [1.807, 2.05) is 0 Å². The SMILES string of the molecule is CC(C)CCOc1cc(OCCC(C)C)c2oc3ccc(C(=O)O)cc3c(=O)c2c1. The summed E-state index contributed by atoms with van der Waals surface area (Å²) in [4.78, 5) is 24.5. The van der Waals surface area contributed by atoms with Crippen molar-refractivity contribution in [2.75, 3.05) is 13.2 Å². The Kier molecular flexibility index (Phi) is 6.65. The lowest BCUT2D eigenvalue weighted by molar-refractivity contribution is 0.0697. The van der Waals surface area contributed by atoms with E-state index in [2.05, 4.69) is 27.7 Å². The summed E-state index contributed by atoms with van der Waals surface area (Å²) in [6.07, 6.45) is 1.75. The average Bonchev–Trinajstić information content (AvgIpc) is 2.68. The Hall–Kier alpha value is -3.02. The molecule has 2 aromatic carbocycles. The summed E-state index contributed by atoms with van der Waals surface area (Å²) in [6.45, 7) is 9.47. The van der Waals surface area contributed by atoms with Gasteiger partial charge in [-0.1, -0.05) is 27.7 Å². The predicted molar refractivity (Wildman–Crippen MR) is 117 cm³/mol. The van der Waals surface area contributed by atoms with E-state index in [9.17, 15) is 14.7 Å². The molecule has 0 saturated carbocycles. The highest BCUT2D eigenvalue weighted by atomic mass is 16.5. The van der Waals surface area contributed by atoms with E-state index in [0.29, 0.717) is 53.1 Å². The fourth-order valence-electron chi connectivity index (χ4n) is 3.04. The number of fused-ring (bicyclic) bond motifs is 2. The second-order valence-corrected chi connectivity index (χ2v) is 8.31. The predicted octanol–water partition coefficient (Wildman–Crippen LogP) is 5.49. The third-order valence-electron chi connectivity index (χ3n) is 4.87. The molecular formula is C24H28O6. The van der Waals surface area contributed by atoms with Gasteiger partial charge < -0.3 is 19.0 Å². The van der Waals surface area contributed by atoms with E-state index in [-0.39, 0.29) is 16.4 Å². The monoisotopic (exact) mass is 412 g/mol. The van der Waals surface area contributed by atoms with Crippen LogP contribution >= 0.6 is 0 Å². The molecule has 3 rings (SSSR count). The normalized spacial score (nSPS) is 11.5. The summed E-state index contributed by atoms with van der Waals surface area (Å²) in [7, 11) is 0. The number of carbonyl (C=O) groups is 1. The lowest BCUT2D eigenvalue weighted by atomic mass is 10.1. The molecular weight excluding hydrogens is 384 g/mol. The first kappa shape index (κ1) is 21.7. The molecule has 3 aromatic rings. The van der Waals surface area contributed by atoms with Gasteiger partial charge in [0.15, 0.2) is 11.3 Å². The Morgan fingerprint density at radius 3 is 2.27 bits per heavy atom. The first-order valence-corrected chi connectivity index (χ1v) is 10.3. The van der Waals surface area contributed by atoms with Crippen LogP contribution in [0.2, 0.25) is 0 Å². The van der Waals surface area contributed by atoms with Gasteiger partial charge in [-0.05, 0) is 48.9 Å². The Morgan fingerprint density at radius 2 is 1.63 bits per heavy atom. The third kappa shape index (κ3) is 4.93. The molecule has 1 N–H and O–H groups in total. The molecule has 160 valence electrons. The Morgan fingerprint density at radius 1 is 0.967 bits per heavy atom.